The molecule has 0 aliphatic carbocycles. The molecule has 1 aromatic carbocycles. The number of nitrogens with zero attached hydrogens (tertiary/aromatic N) is 4. The monoisotopic (exact) mass is 451 g/mol. The van der Waals surface area contributed by atoms with Gasteiger partial charge in [-0.1, -0.05) is 12.1 Å². The Morgan fingerprint density at radius 2 is 1.94 bits per heavy atom. The average molecular weight is 452 g/mol. The van der Waals surface area contributed by atoms with Crippen molar-refractivity contribution in [2.45, 2.75) is 12.1 Å². The summed E-state index contributed by atoms with van der Waals surface area (Å²) >= 11 is 5.79. The SMILES string of the molecule is Fc1cccc(-n2cccc2[C@H]2[C@H](c3ccccn3)NC(=S)N2CCN2CCOCC2)c1. The Balaban J connectivity index is 1.50. The number of nitrogens with one attached hydrogen (secondary N) is 1. The Bertz CT molecular complexity index is 1070. The van der Waals surface area contributed by atoms with Gasteiger partial charge in [0.2, 0.25) is 0 Å². The van der Waals surface area contributed by atoms with Crippen LogP contribution in [0.2, 0.25) is 0 Å². The standard InChI is InChI=1S/C24H26FN5OS/c25-18-5-3-6-19(17-18)29-10-4-8-21(29)23-22(20-7-1-2-9-26-20)27-24(32)30(23)12-11-28-13-15-31-16-14-28/h1-10,17,22-23H,11-16H2,(H,27,32)/t22-,23-/m0/s1. The predicted octanol–water partition coefficient (Wildman–Crippen LogP) is 3.32. The Kier molecular flexibility index (Phi) is 6.16. The second-order valence-corrected chi connectivity index (χ2v) is 8.44. The van der Waals surface area contributed by atoms with Gasteiger partial charge in [0.05, 0.1) is 31.0 Å². The van der Waals surface area contributed by atoms with Gasteiger partial charge in [-0.2, -0.15) is 0 Å². The summed E-state index contributed by atoms with van der Waals surface area (Å²) in [6, 6.07) is 16.5. The van der Waals surface area contributed by atoms with Crippen molar-refractivity contribution in [1.82, 2.24) is 24.7 Å². The molecule has 166 valence electrons. The zero-order chi connectivity index (χ0) is 21.9. The fourth-order valence-corrected chi connectivity index (χ4v) is 4.87. The van der Waals surface area contributed by atoms with E-state index in [4.69, 9.17) is 17.0 Å². The van der Waals surface area contributed by atoms with Crippen molar-refractivity contribution < 1.29 is 9.13 Å². The van der Waals surface area contributed by atoms with Crippen LogP contribution in [0.3, 0.4) is 0 Å². The van der Waals surface area contributed by atoms with Crippen LogP contribution in [0.5, 0.6) is 0 Å². The van der Waals surface area contributed by atoms with Gasteiger partial charge >= 0.3 is 0 Å². The number of halogens is 1. The molecule has 0 saturated carbocycles. The molecular weight excluding hydrogens is 425 g/mol. The molecule has 32 heavy (non-hydrogen) atoms. The fraction of sp³-hybridized carbons (Fsp3) is 0.333. The molecular formula is C24H26FN5OS. The van der Waals surface area contributed by atoms with Gasteiger partial charge in [0.1, 0.15) is 5.82 Å². The Labute approximate surface area is 192 Å². The number of aromatic nitrogens is 2. The molecule has 2 fully saturated rings. The van der Waals surface area contributed by atoms with E-state index in [1.54, 1.807) is 18.3 Å². The van der Waals surface area contributed by atoms with Gasteiger partial charge in [-0.05, 0) is 54.7 Å². The third kappa shape index (κ3) is 4.26. The highest BCUT2D eigenvalue weighted by molar-refractivity contribution is 7.80. The maximum Gasteiger partial charge on any atom is 0.170 e. The largest absolute Gasteiger partial charge is 0.379 e. The third-order valence-corrected chi connectivity index (χ3v) is 6.48. The van der Waals surface area contributed by atoms with Crippen molar-refractivity contribution in [2.24, 2.45) is 0 Å². The fourth-order valence-electron chi connectivity index (χ4n) is 4.54. The molecule has 5 rings (SSSR count). The van der Waals surface area contributed by atoms with Gasteiger partial charge in [-0.3, -0.25) is 9.88 Å². The molecule has 4 heterocycles. The molecule has 2 aliphatic heterocycles. The maximum atomic E-state index is 14.0. The van der Waals surface area contributed by atoms with E-state index in [2.05, 4.69) is 26.2 Å². The molecule has 8 heteroatoms. The summed E-state index contributed by atoms with van der Waals surface area (Å²) < 4.78 is 21.5. The van der Waals surface area contributed by atoms with E-state index in [1.165, 1.54) is 6.07 Å². The molecule has 2 atom stereocenters. The zero-order valence-corrected chi connectivity index (χ0v) is 18.5. The number of morpholine rings is 1. The van der Waals surface area contributed by atoms with E-state index in [1.807, 2.05) is 41.1 Å². The van der Waals surface area contributed by atoms with Crippen LogP contribution in [0.25, 0.3) is 5.69 Å². The number of hydrogen-bond acceptors (Lipinski definition) is 4. The lowest BCUT2D eigenvalue weighted by Gasteiger charge is -2.32. The molecule has 0 spiro atoms. The van der Waals surface area contributed by atoms with Gasteiger partial charge in [0.15, 0.2) is 5.11 Å². The highest BCUT2D eigenvalue weighted by Gasteiger charge is 2.41. The smallest absolute Gasteiger partial charge is 0.170 e. The first-order valence-electron chi connectivity index (χ1n) is 10.9. The van der Waals surface area contributed by atoms with Gasteiger partial charge < -0.3 is 19.5 Å². The van der Waals surface area contributed by atoms with Crippen molar-refractivity contribution in [3.05, 3.63) is 84.2 Å². The highest BCUT2D eigenvalue weighted by atomic mass is 32.1. The van der Waals surface area contributed by atoms with Crippen LogP contribution in [0.1, 0.15) is 23.5 Å². The minimum atomic E-state index is -0.257. The Hall–Kier alpha value is -2.81. The zero-order valence-electron chi connectivity index (χ0n) is 17.7. The molecule has 0 radical (unpaired) electrons. The van der Waals surface area contributed by atoms with Crippen LogP contribution in [-0.2, 0) is 4.74 Å². The van der Waals surface area contributed by atoms with E-state index < -0.39 is 0 Å². The minimum absolute atomic E-state index is 0.0725. The summed E-state index contributed by atoms with van der Waals surface area (Å²) in [4.78, 5) is 9.26. The van der Waals surface area contributed by atoms with E-state index in [0.29, 0.717) is 5.11 Å². The summed E-state index contributed by atoms with van der Waals surface area (Å²) in [6.45, 7) is 5.09. The van der Waals surface area contributed by atoms with Crippen LogP contribution in [0.15, 0.2) is 67.0 Å². The van der Waals surface area contributed by atoms with Gasteiger partial charge in [0.25, 0.3) is 0 Å². The predicted molar refractivity (Wildman–Crippen MR) is 125 cm³/mol. The van der Waals surface area contributed by atoms with Crippen LogP contribution >= 0.6 is 12.2 Å². The van der Waals surface area contributed by atoms with Crippen molar-refractivity contribution in [1.29, 1.82) is 0 Å². The molecule has 2 saturated heterocycles. The van der Waals surface area contributed by atoms with Crippen molar-refractivity contribution in [2.75, 3.05) is 39.4 Å². The first-order chi connectivity index (χ1) is 15.7. The second-order valence-electron chi connectivity index (χ2n) is 8.06. The first kappa shape index (κ1) is 21.1. The molecule has 0 bridgehead atoms. The molecule has 6 nitrogen and oxygen atoms in total. The van der Waals surface area contributed by atoms with Crippen LogP contribution in [0, 0.1) is 5.82 Å². The van der Waals surface area contributed by atoms with E-state index >= 15 is 0 Å². The molecule has 0 amide bonds. The van der Waals surface area contributed by atoms with Crippen molar-refractivity contribution >= 4 is 17.3 Å². The molecule has 1 N–H and O–H groups in total. The number of hydrogen-bond donors (Lipinski definition) is 1. The summed E-state index contributed by atoms with van der Waals surface area (Å²) in [6.07, 6.45) is 3.78. The Morgan fingerprint density at radius 1 is 1.06 bits per heavy atom. The molecule has 0 unspecified atom stereocenters. The second kappa shape index (κ2) is 9.36. The number of ether oxygens (including phenoxy) is 1. The molecule has 3 aromatic rings. The maximum absolute atomic E-state index is 14.0. The quantitative estimate of drug-likeness (QED) is 0.581. The lowest BCUT2D eigenvalue weighted by Crippen LogP contribution is -2.42. The van der Waals surface area contributed by atoms with Crippen LogP contribution in [-0.4, -0.2) is 63.9 Å². The van der Waals surface area contributed by atoms with E-state index in [0.717, 1.165) is 56.5 Å². The molecule has 2 aliphatic rings. The van der Waals surface area contributed by atoms with Gasteiger partial charge in [-0.25, -0.2) is 4.39 Å². The Morgan fingerprint density at radius 3 is 2.72 bits per heavy atom. The number of rotatable bonds is 6. The van der Waals surface area contributed by atoms with Crippen LogP contribution < -0.4 is 5.32 Å². The highest BCUT2D eigenvalue weighted by Crippen LogP contribution is 2.39. The van der Waals surface area contributed by atoms with Crippen molar-refractivity contribution in [3.8, 4) is 5.69 Å². The van der Waals surface area contributed by atoms with E-state index in [-0.39, 0.29) is 17.9 Å². The van der Waals surface area contributed by atoms with Crippen molar-refractivity contribution in [3.63, 3.8) is 0 Å². The lowest BCUT2D eigenvalue weighted by atomic mass is 10.0. The summed E-state index contributed by atoms with van der Waals surface area (Å²) in [5.74, 6) is -0.257. The minimum Gasteiger partial charge on any atom is -0.379 e. The summed E-state index contributed by atoms with van der Waals surface area (Å²) in [5, 5.41) is 4.21. The van der Waals surface area contributed by atoms with Gasteiger partial charge in [0, 0.05) is 50.0 Å². The number of thiocarbonyl (C=S) groups is 1. The normalized spacial score (nSPS) is 21.7. The average Bonchev–Trinajstić information content (AvgIpc) is 3.43. The number of pyridine rings is 1. The van der Waals surface area contributed by atoms with Gasteiger partial charge in [-0.15, -0.1) is 0 Å². The number of benzene rings is 1. The lowest BCUT2D eigenvalue weighted by molar-refractivity contribution is 0.0349. The topological polar surface area (TPSA) is 45.6 Å². The first-order valence-corrected chi connectivity index (χ1v) is 11.3. The molecule has 2 aromatic heterocycles. The van der Waals surface area contributed by atoms with Crippen LogP contribution in [0.4, 0.5) is 4.39 Å². The third-order valence-electron chi connectivity index (χ3n) is 6.13. The summed E-state index contributed by atoms with van der Waals surface area (Å²) in [7, 11) is 0. The van der Waals surface area contributed by atoms with E-state index in [9.17, 15) is 4.39 Å². The summed E-state index contributed by atoms with van der Waals surface area (Å²) in [5.41, 5.74) is 2.76.